The second-order valence-corrected chi connectivity index (χ2v) is 6.69. The van der Waals surface area contributed by atoms with Crippen LogP contribution in [-0.4, -0.2) is 54.3 Å². The number of para-hydroxylation sites is 1. The van der Waals surface area contributed by atoms with Gasteiger partial charge in [0.25, 0.3) is 0 Å². The Balaban J connectivity index is 1.77. The Labute approximate surface area is 142 Å². The molecule has 6 heteroatoms. The summed E-state index contributed by atoms with van der Waals surface area (Å²) in [6, 6.07) is 7.19. The minimum Gasteiger partial charge on any atom is -0.340 e. The van der Waals surface area contributed by atoms with E-state index in [2.05, 4.69) is 10.2 Å². The second kappa shape index (κ2) is 8.31. The molecule has 0 aromatic heterocycles. The molecule has 0 unspecified atom stereocenters. The van der Waals surface area contributed by atoms with Crippen molar-refractivity contribution >= 4 is 29.1 Å². The Kier molecular flexibility index (Phi) is 6.42. The average molecular weight is 338 g/mol. The molecule has 0 atom stereocenters. The van der Waals surface area contributed by atoms with E-state index >= 15 is 0 Å². The molecule has 0 spiro atoms. The summed E-state index contributed by atoms with van der Waals surface area (Å²) in [7, 11) is 0. The summed E-state index contributed by atoms with van der Waals surface area (Å²) >= 11 is 6.03. The standard InChI is InChI=1S/C17H24ClN3O2/c1-13(2)11-17(23)21-9-7-20(8-10-21)12-16(22)19-15-6-4-3-5-14(15)18/h3-6,13H,7-12H2,1-2H3,(H,19,22). The molecule has 1 aliphatic heterocycles. The largest absolute Gasteiger partial charge is 0.340 e. The summed E-state index contributed by atoms with van der Waals surface area (Å²) in [5.41, 5.74) is 0.630. The van der Waals surface area contributed by atoms with E-state index in [1.54, 1.807) is 12.1 Å². The number of benzene rings is 1. The van der Waals surface area contributed by atoms with Crippen LogP contribution in [-0.2, 0) is 9.59 Å². The number of hydrogen-bond acceptors (Lipinski definition) is 3. The van der Waals surface area contributed by atoms with E-state index in [4.69, 9.17) is 11.6 Å². The highest BCUT2D eigenvalue weighted by Crippen LogP contribution is 2.20. The normalized spacial score (nSPS) is 15.7. The van der Waals surface area contributed by atoms with Gasteiger partial charge in [0, 0.05) is 32.6 Å². The smallest absolute Gasteiger partial charge is 0.238 e. The number of amides is 2. The number of anilines is 1. The van der Waals surface area contributed by atoms with Crippen LogP contribution in [0.5, 0.6) is 0 Å². The SMILES string of the molecule is CC(C)CC(=O)N1CCN(CC(=O)Nc2ccccc2Cl)CC1. The van der Waals surface area contributed by atoms with Gasteiger partial charge in [-0.1, -0.05) is 37.6 Å². The molecule has 23 heavy (non-hydrogen) atoms. The van der Waals surface area contributed by atoms with Crippen LogP contribution in [0.25, 0.3) is 0 Å². The summed E-state index contributed by atoms with van der Waals surface area (Å²) in [4.78, 5) is 28.1. The van der Waals surface area contributed by atoms with Crippen molar-refractivity contribution in [1.82, 2.24) is 9.80 Å². The Morgan fingerprint density at radius 1 is 1.17 bits per heavy atom. The predicted molar refractivity (Wildman–Crippen MR) is 92.6 cm³/mol. The highest BCUT2D eigenvalue weighted by Gasteiger charge is 2.22. The second-order valence-electron chi connectivity index (χ2n) is 6.28. The molecule has 2 rings (SSSR count). The third kappa shape index (κ3) is 5.52. The van der Waals surface area contributed by atoms with E-state index in [0.29, 0.717) is 42.7 Å². The van der Waals surface area contributed by atoms with Crippen LogP contribution < -0.4 is 5.32 Å². The molecule has 5 nitrogen and oxygen atoms in total. The van der Waals surface area contributed by atoms with Gasteiger partial charge in [-0.15, -0.1) is 0 Å². The summed E-state index contributed by atoms with van der Waals surface area (Å²) in [6.45, 7) is 7.23. The van der Waals surface area contributed by atoms with Crippen LogP contribution in [0.4, 0.5) is 5.69 Å². The number of hydrogen-bond donors (Lipinski definition) is 1. The average Bonchev–Trinajstić information content (AvgIpc) is 2.49. The summed E-state index contributed by atoms with van der Waals surface area (Å²) in [5, 5.41) is 3.36. The van der Waals surface area contributed by atoms with Crippen molar-refractivity contribution in [2.75, 3.05) is 38.0 Å². The van der Waals surface area contributed by atoms with Crippen molar-refractivity contribution in [2.24, 2.45) is 5.92 Å². The maximum atomic E-state index is 12.1. The lowest BCUT2D eigenvalue weighted by Gasteiger charge is -2.34. The monoisotopic (exact) mass is 337 g/mol. The van der Waals surface area contributed by atoms with E-state index in [-0.39, 0.29) is 11.8 Å². The molecule has 0 saturated carbocycles. The zero-order valence-corrected chi connectivity index (χ0v) is 14.5. The van der Waals surface area contributed by atoms with Crippen LogP contribution in [0.2, 0.25) is 5.02 Å². The quantitative estimate of drug-likeness (QED) is 0.898. The molecule has 1 fully saturated rings. The van der Waals surface area contributed by atoms with Crippen LogP contribution in [0.1, 0.15) is 20.3 Å². The highest BCUT2D eigenvalue weighted by molar-refractivity contribution is 6.33. The first-order chi connectivity index (χ1) is 11.0. The van der Waals surface area contributed by atoms with Crippen molar-refractivity contribution in [3.8, 4) is 0 Å². The molecule has 1 N–H and O–H groups in total. The number of carbonyl (C=O) groups is 2. The van der Waals surface area contributed by atoms with Crippen molar-refractivity contribution in [1.29, 1.82) is 0 Å². The van der Waals surface area contributed by atoms with Crippen LogP contribution >= 0.6 is 11.6 Å². The molecule has 1 aromatic rings. The summed E-state index contributed by atoms with van der Waals surface area (Å²) < 4.78 is 0. The Bertz CT molecular complexity index is 555. The summed E-state index contributed by atoms with van der Waals surface area (Å²) in [6.07, 6.45) is 0.590. The van der Waals surface area contributed by atoms with Crippen LogP contribution in [0, 0.1) is 5.92 Å². The Morgan fingerprint density at radius 2 is 1.83 bits per heavy atom. The lowest BCUT2D eigenvalue weighted by atomic mass is 10.1. The first-order valence-electron chi connectivity index (χ1n) is 8.00. The molecule has 0 radical (unpaired) electrons. The zero-order chi connectivity index (χ0) is 16.8. The molecular weight excluding hydrogens is 314 g/mol. The first kappa shape index (κ1) is 17.8. The Morgan fingerprint density at radius 3 is 2.43 bits per heavy atom. The third-order valence-corrected chi connectivity index (χ3v) is 4.15. The van der Waals surface area contributed by atoms with Gasteiger partial charge in [-0.2, -0.15) is 0 Å². The molecule has 0 bridgehead atoms. The summed E-state index contributed by atoms with van der Waals surface area (Å²) in [5.74, 6) is 0.502. The number of halogens is 1. The molecule has 126 valence electrons. The topological polar surface area (TPSA) is 52.7 Å². The molecule has 1 heterocycles. The fourth-order valence-corrected chi connectivity index (χ4v) is 2.77. The number of nitrogens with one attached hydrogen (secondary N) is 1. The maximum Gasteiger partial charge on any atom is 0.238 e. The van der Waals surface area contributed by atoms with Gasteiger partial charge in [0.2, 0.25) is 11.8 Å². The van der Waals surface area contributed by atoms with Crippen LogP contribution in [0.3, 0.4) is 0 Å². The van der Waals surface area contributed by atoms with Gasteiger partial charge in [-0.25, -0.2) is 0 Å². The molecule has 2 amide bonds. The number of carbonyl (C=O) groups excluding carboxylic acids is 2. The first-order valence-corrected chi connectivity index (χ1v) is 8.38. The van der Waals surface area contributed by atoms with Crippen LogP contribution in [0.15, 0.2) is 24.3 Å². The molecular formula is C17H24ClN3O2. The number of rotatable bonds is 5. The van der Waals surface area contributed by atoms with Gasteiger partial charge in [-0.05, 0) is 18.1 Å². The van der Waals surface area contributed by atoms with Gasteiger partial charge >= 0.3 is 0 Å². The van der Waals surface area contributed by atoms with E-state index in [9.17, 15) is 9.59 Å². The van der Waals surface area contributed by atoms with E-state index in [1.807, 2.05) is 30.9 Å². The third-order valence-electron chi connectivity index (χ3n) is 3.82. The predicted octanol–water partition coefficient (Wildman–Crippen LogP) is 2.47. The van der Waals surface area contributed by atoms with Gasteiger partial charge in [0.1, 0.15) is 0 Å². The van der Waals surface area contributed by atoms with Gasteiger partial charge < -0.3 is 10.2 Å². The van der Waals surface area contributed by atoms with Crippen molar-refractivity contribution in [3.63, 3.8) is 0 Å². The molecule has 0 aliphatic carbocycles. The fraction of sp³-hybridized carbons (Fsp3) is 0.529. The van der Waals surface area contributed by atoms with E-state index in [0.717, 1.165) is 13.1 Å². The van der Waals surface area contributed by atoms with Crippen molar-refractivity contribution in [3.05, 3.63) is 29.3 Å². The zero-order valence-electron chi connectivity index (χ0n) is 13.7. The lowest BCUT2D eigenvalue weighted by molar-refractivity contribution is -0.133. The van der Waals surface area contributed by atoms with Gasteiger partial charge in [-0.3, -0.25) is 14.5 Å². The molecule has 1 saturated heterocycles. The van der Waals surface area contributed by atoms with E-state index < -0.39 is 0 Å². The molecule has 1 aromatic carbocycles. The van der Waals surface area contributed by atoms with Gasteiger partial charge in [0.05, 0.1) is 17.3 Å². The number of piperazine rings is 1. The van der Waals surface area contributed by atoms with Gasteiger partial charge in [0.15, 0.2) is 0 Å². The van der Waals surface area contributed by atoms with Crippen molar-refractivity contribution in [2.45, 2.75) is 20.3 Å². The maximum absolute atomic E-state index is 12.1. The minimum atomic E-state index is -0.0833. The Hall–Kier alpha value is -1.59. The van der Waals surface area contributed by atoms with Crippen molar-refractivity contribution < 1.29 is 9.59 Å². The lowest BCUT2D eigenvalue weighted by Crippen LogP contribution is -2.50. The number of nitrogens with zero attached hydrogens (tertiary/aromatic N) is 2. The fourth-order valence-electron chi connectivity index (χ4n) is 2.59. The molecule has 1 aliphatic rings. The van der Waals surface area contributed by atoms with E-state index in [1.165, 1.54) is 0 Å². The minimum absolute atomic E-state index is 0.0833. The highest BCUT2D eigenvalue weighted by atomic mass is 35.5.